The van der Waals surface area contributed by atoms with Crippen LogP contribution in [-0.2, 0) is 17.6 Å². The molecule has 0 radical (unpaired) electrons. The molecule has 2 N–H and O–H groups in total. The summed E-state index contributed by atoms with van der Waals surface area (Å²) in [7, 11) is 0. The molecular formula is C18H18ClN3O2. The van der Waals surface area contributed by atoms with Gasteiger partial charge in [-0.15, -0.1) is 0 Å². The molecule has 1 amide bonds. The molecule has 1 aromatic carbocycles. The molecule has 0 aliphatic rings. The molecule has 2 heterocycles. The zero-order valence-electron chi connectivity index (χ0n) is 13.3. The average Bonchev–Trinajstić information content (AvgIpc) is 3.20. The van der Waals surface area contributed by atoms with Gasteiger partial charge in [-0.05, 0) is 31.2 Å². The Kier molecular flexibility index (Phi) is 5.01. The summed E-state index contributed by atoms with van der Waals surface area (Å²) in [5.41, 5.74) is 3.50. The fourth-order valence-corrected chi connectivity index (χ4v) is 2.64. The molecule has 0 bridgehead atoms. The minimum absolute atomic E-state index is 0.0405. The fraction of sp³-hybridized carbons (Fsp3) is 0.222. The minimum atomic E-state index is -0.0405. The van der Waals surface area contributed by atoms with Gasteiger partial charge in [-0.1, -0.05) is 23.7 Å². The lowest BCUT2D eigenvalue weighted by Gasteiger charge is -2.06. The Morgan fingerprint density at radius 1 is 1.29 bits per heavy atom. The first kappa shape index (κ1) is 16.3. The third-order valence-corrected chi connectivity index (χ3v) is 4.05. The van der Waals surface area contributed by atoms with E-state index in [1.807, 2.05) is 43.3 Å². The number of aromatic amines is 1. The van der Waals surface area contributed by atoms with Gasteiger partial charge in [0.15, 0.2) is 0 Å². The smallest absolute Gasteiger partial charge is 0.224 e. The molecule has 24 heavy (non-hydrogen) atoms. The topological polar surface area (TPSA) is 70.9 Å². The van der Waals surface area contributed by atoms with Gasteiger partial charge in [0.1, 0.15) is 5.76 Å². The van der Waals surface area contributed by atoms with Crippen LogP contribution in [0.1, 0.15) is 17.0 Å². The zero-order chi connectivity index (χ0) is 16.9. The summed E-state index contributed by atoms with van der Waals surface area (Å²) < 4.78 is 5.25. The normalized spacial score (nSPS) is 10.8. The molecule has 0 saturated carbocycles. The number of rotatable bonds is 6. The third kappa shape index (κ3) is 3.86. The highest BCUT2D eigenvalue weighted by Gasteiger charge is 2.15. The summed E-state index contributed by atoms with van der Waals surface area (Å²) >= 11 is 5.93. The lowest BCUT2D eigenvalue weighted by atomic mass is 10.0. The van der Waals surface area contributed by atoms with Crippen molar-refractivity contribution in [3.05, 3.63) is 64.7 Å². The van der Waals surface area contributed by atoms with E-state index in [9.17, 15) is 4.79 Å². The number of halogens is 1. The lowest BCUT2D eigenvalue weighted by Crippen LogP contribution is -2.27. The van der Waals surface area contributed by atoms with Crippen molar-refractivity contribution in [2.24, 2.45) is 0 Å². The standard InChI is InChI=1S/C18H18ClN3O2/c1-12-16(11-17(23)20-9-8-15-3-2-10-24-15)18(22-21-12)13-4-6-14(19)7-5-13/h2-7,10H,8-9,11H2,1H3,(H,20,23)(H,21,22). The highest BCUT2D eigenvalue weighted by atomic mass is 35.5. The molecule has 5 nitrogen and oxygen atoms in total. The molecule has 0 fully saturated rings. The Labute approximate surface area is 145 Å². The lowest BCUT2D eigenvalue weighted by molar-refractivity contribution is -0.120. The van der Waals surface area contributed by atoms with Crippen molar-refractivity contribution in [1.29, 1.82) is 0 Å². The molecule has 124 valence electrons. The van der Waals surface area contributed by atoms with Crippen LogP contribution in [0.3, 0.4) is 0 Å². The maximum Gasteiger partial charge on any atom is 0.224 e. The van der Waals surface area contributed by atoms with Gasteiger partial charge >= 0.3 is 0 Å². The van der Waals surface area contributed by atoms with Crippen molar-refractivity contribution >= 4 is 17.5 Å². The van der Waals surface area contributed by atoms with Crippen molar-refractivity contribution in [3.63, 3.8) is 0 Å². The maximum atomic E-state index is 12.2. The van der Waals surface area contributed by atoms with Crippen LogP contribution >= 0.6 is 11.6 Å². The van der Waals surface area contributed by atoms with Gasteiger partial charge in [0.2, 0.25) is 5.91 Å². The van der Waals surface area contributed by atoms with Gasteiger partial charge in [0.05, 0.1) is 18.4 Å². The van der Waals surface area contributed by atoms with Crippen LogP contribution in [0.15, 0.2) is 47.1 Å². The molecule has 0 aliphatic carbocycles. The van der Waals surface area contributed by atoms with Gasteiger partial charge in [-0.25, -0.2) is 0 Å². The number of carbonyl (C=O) groups is 1. The highest BCUT2D eigenvalue weighted by molar-refractivity contribution is 6.30. The van der Waals surface area contributed by atoms with Crippen LogP contribution in [0.5, 0.6) is 0 Å². The number of benzene rings is 1. The van der Waals surface area contributed by atoms with Gasteiger partial charge in [0.25, 0.3) is 0 Å². The molecule has 6 heteroatoms. The van der Waals surface area contributed by atoms with E-state index in [0.717, 1.165) is 28.3 Å². The van der Waals surface area contributed by atoms with E-state index < -0.39 is 0 Å². The Balaban J connectivity index is 1.65. The molecule has 0 atom stereocenters. The second-order valence-corrected chi connectivity index (χ2v) is 5.98. The Bertz CT molecular complexity index is 807. The van der Waals surface area contributed by atoms with Gasteiger partial charge < -0.3 is 9.73 Å². The minimum Gasteiger partial charge on any atom is -0.469 e. The molecule has 3 aromatic rings. The number of nitrogens with zero attached hydrogens (tertiary/aromatic N) is 1. The van der Waals surface area contributed by atoms with E-state index >= 15 is 0 Å². The Morgan fingerprint density at radius 3 is 2.79 bits per heavy atom. The van der Waals surface area contributed by atoms with Crippen LogP contribution < -0.4 is 5.32 Å². The molecule has 0 spiro atoms. The predicted molar refractivity (Wildman–Crippen MR) is 92.9 cm³/mol. The second-order valence-electron chi connectivity index (χ2n) is 5.54. The van der Waals surface area contributed by atoms with Crippen LogP contribution in [0.25, 0.3) is 11.3 Å². The van der Waals surface area contributed by atoms with Crippen molar-refractivity contribution in [3.8, 4) is 11.3 Å². The fourth-order valence-electron chi connectivity index (χ4n) is 2.52. The second kappa shape index (κ2) is 7.36. The van der Waals surface area contributed by atoms with Crippen LogP contribution in [0, 0.1) is 6.92 Å². The monoisotopic (exact) mass is 343 g/mol. The summed E-state index contributed by atoms with van der Waals surface area (Å²) in [5, 5.41) is 10.9. The third-order valence-electron chi connectivity index (χ3n) is 3.80. The number of aromatic nitrogens is 2. The summed E-state index contributed by atoms with van der Waals surface area (Å²) in [4.78, 5) is 12.2. The summed E-state index contributed by atoms with van der Waals surface area (Å²) in [5.74, 6) is 0.818. The SMILES string of the molecule is Cc1[nH]nc(-c2ccc(Cl)cc2)c1CC(=O)NCCc1ccco1. The zero-order valence-corrected chi connectivity index (χ0v) is 14.1. The Hall–Kier alpha value is -2.53. The summed E-state index contributed by atoms with van der Waals surface area (Å²) in [6, 6.07) is 11.2. The molecule has 2 aromatic heterocycles. The number of carbonyl (C=O) groups excluding carboxylic acids is 1. The summed E-state index contributed by atoms with van der Waals surface area (Å²) in [6.07, 6.45) is 2.58. The number of H-pyrrole nitrogens is 1. The molecule has 0 saturated heterocycles. The van der Waals surface area contributed by atoms with Crippen molar-refractivity contribution in [2.75, 3.05) is 6.54 Å². The number of amides is 1. The van der Waals surface area contributed by atoms with Gasteiger partial charge in [-0.2, -0.15) is 5.10 Å². The largest absolute Gasteiger partial charge is 0.469 e. The van der Waals surface area contributed by atoms with Crippen molar-refractivity contribution < 1.29 is 9.21 Å². The maximum absolute atomic E-state index is 12.2. The van der Waals surface area contributed by atoms with E-state index in [4.69, 9.17) is 16.0 Å². The van der Waals surface area contributed by atoms with E-state index in [1.165, 1.54) is 0 Å². The molecule has 0 unspecified atom stereocenters. The average molecular weight is 344 g/mol. The first-order valence-electron chi connectivity index (χ1n) is 7.72. The quantitative estimate of drug-likeness (QED) is 0.719. The van der Waals surface area contributed by atoms with E-state index in [-0.39, 0.29) is 12.3 Å². The van der Waals surface area contributed by atoms with Gasteiger partial charge in [0, 0.05) is 34.8 Å². The molecule has 3 rings (SSSR count). The Morgan fingerprint density at radius 2 is 2.08 bits per heavy atom. The van der Waals surface area contributed by atoms with Crippen molar-refractivity contribution in [1.82, 2.24) is 15.5 Å². The van der Waals surface area contributed by atoms with Crippen LogP contribution in [0.4, 0.5) is 0 Å². The number of hydrogen-bond donors (Lipinski definition) is 2. The van der Waals surface area contributed by atoms with E-state index in [1.54, 1.807) is 6.26 Å². The number of nitrogens with one attached hydrogen (secondary N) is 2. The predicted octanol–water partition coefficient (Wildman–Crippen LogP) is 3.53. The van der Waals surface area contributed by atoms with Gasteiger partial charge in [-0.3, -0.25) is 9.89 Å². The first-order valence-corrected chi connectivity index (χ1v) is 8.10. The number of hydrogen-bond acceptors (Lipinski definition) is 3. The highest BCUT2D eigenvalue weighted by Crippen LogP contribution is 2.25. The number of furan rings is 1. The summed E-state index contributed by atoms with van der Waals surface area (Å²) in [6.45, 7) is 2.46. The van der Waals surface area contributed by atoms with Crippen molar-refractivity contribution in [2.45, 2.75) is 19.8 Å². The van der Waals surface area contributed by atoms with Crippen LogP contribution in [0.2, 0.25) is 5.02 Å². The molecular weight excluding hydrogens is 326 g/mol. The number of aryl methyl sites for hydroxylation is 1. The van der Waals surface area contributed by atoms with E-state index in [2.05, 4.69) is 15.5 Å². The van der Waals surface area contributed by atoms with E-state index in [0.29, 0.717) is 18.0 Å². The van der Waals surface area contributed by atoms with Crippen LogP contribution in [-0.4, -0.2) is 22.6 Å². The molecule has 0 aliphatic heterocycles. The first-order chi connectivity index (χ1) is 11.6.